The lowest BCUT2D eigenvalue weighted by Gasteiger charge is -2.24. The van der Waals surface area contributed by atoms with Crippen LogP contribution >= 0.6 is 0 Å². The van der Waals surface area contributed by atoms with Crippen LogP contribution in [0.2, 0.25) is 0 Å². The van der Waals surface area contributed by atoms with Gasteiger partial charge in [-0.15, -0.1) is 0 Å². The maximum absolute atomic E-state index is 13.1. The number of carbonyl (C=O) groups is 2. The summed E-state index contributed by atoms with van der Waals surface area (Å²) in [4.78, 5) is 36.8. The van der Waals surface area contributed by atoms with Gasteiger partial charge in [0.05, 0.1) is 4.92 Å². The molecule has 0 saturated carbocycles. The van der Waals surface area contributed by atoms with Crippen molar-refractivity contribution in [2.45, 2.75) is 26.2 Å². The molecule has 3 aromatic carbocycles. The molecule has 0 radical (unpaired) electrons. The number of anilines is 2. The van der Waals surface area contributed by atoms with Gasteiger partial charge >= 0.3 is 6.03 Å². The first-order chi connectivity index (χ1) is 17.0. The number of nitrogens with one attached hydrogen (secondary N) is 2. The highest BCUT2D eigenvalue weighted by atomic mass is 16.6. The highest BCUT2D eigenvalue weighted by molar-refractivity contribution is 6.01. The third-order valence-corrected chi connectivity index (χ3v) is 5.06. The Kier molecular flexibility index (Phi) is 9.18. The van der Waals surface area contributed by atoms with Crippen molar-refractivity contribution < 1.29 is 19.2 Å². The summed E-state index contributed by atoms with van der Waals surface area (Å²) >= 11 is 0. The predicted octanol–water partition coefficient (Wildman–Crippen LogP) is 5.73. The van der Waals surface area contributed by atoms with Gasteiger partial charge in [0.25, 0.3) is 5.69 Å². The van der Waals surface area contributed by atoms with Gasteiger partial charge in [-0.1, -0.05) is 25.1 Å². The van der Waals surface area contributed by atoms with Gasteiger partial charge in [-0.2, -0.15) is 0 Å². The Balaban J connectivity index is 1.70. The van der Waals surface area contributed by atoms with Crippen LogP contribution in [0.15, 0.2) is 78.9 Å². The highest BCUT2D eigenvalue weighted by Gasteiger charge is 2.17. The minimum Gasteiger partial charge on any atom is -0.457 e. The van der Waals surface area contributed by atoms with Gasteiger partial charge in [-0.3, -0.25) is 19.8 Å². The molecule has 182 valence electrons. The number of urea groups is 1. The maximum atomic E-state index is 13.1. The summed E-state index contributed by atoms with van der Waals surface area (Å²) in [5, 5.41) is 16.5. The van der Waals surface area contributed by atoms with E-state index < -0.39 is 11.0 Å². The molecule has 0 spiro atoms. The lowest BCUT2D eigenvalue weighted by molar-refractivity contribution is -0.384. The summed E-state index contributed by atoms with van der Waals surface area (Å²) in [6.45, 7) is 2.73. The Morgan fingerprint density at radius 3 is 2.23 bits per heavy atom. The Bertz CT molecular complexity index is 1120. The van der Waals surface area contributed by atoms with E-state index in [4.69, 9.17) is 4.74 Å². The first kappa shape index (κ1) is 25.2. The second kappa shape index (κ2) is 12.7. The zero-order valence-corrected chi connectivity index (χ0v) is 19.5. The molecular formula is C26H28N4O5. The van der Waals surface area contributed by atoms with E-state index in [2.05, 4.69) is 10.6 Å². The Hall–Kier alpha value is -4.40. The number of nitro benzene ring substituents is 1. The number of ether oxygens (including phenoxy) is 1. The Morgan fingerprint density at radius 2 is 1.60 bits per heavy atom. The summed E-state index contributed by atoms with van der Waals surface area (Å²) in [7, 11) is 0. The molecule has 9 nitrogen and oxygen atoms in total. The zero-order valence-electron chi connectivity index (χ0n) is 19.5. The minimum atomic E-state index is -0.496. The van der Waals surface area contributed by atoms with Gasteiger partial charge in [-0.05, 0) is 61.4 Å². The average Bonchev–Trinajstić information content (AvgIpc) is 2.86. The molecule has 0 atom stereocenters. The Labute approximate surface area is 203 Å². The van der Waals surface area contributed by atoms with Crippen LogP contribution in [0.1, 0.15) is 26.2 Å². The van der Waals surface area contributed by atoms with Crippen molar-refractivity contribution in [2.75, 3.05) is 23.3 Å². The number of hydrogen-bond acceptors (Lipinski definition) is 5. The van der Waals surface area contributed by atoms with Gasteiger partial charge < -0.3 is 15.4 Å². The molecule has 3 aromatic rings. The first-order valence-electron chi connectivity index (χ1n) is 11.4. The molecule has 3 amide bonds. The van der Waals surface area contributed by atoms with Crippen molar-refractivity contribution in [2.24, 2.45) is 0 Å². The van der Waals surface area contributed by atoms with E-state index >= 15 is 0 Å². The topological polar surface area (TPSA) is 114 Å². The number of carbonyl (C=O) groups excluding carboxylic acids is 2. The maximum Gasteiger partial charge on any atom is 0.326 e. The van der Waals surface area contributed by atoms with Crippen LogP contribution in [-0.4, -0.2) is 30.0 Å². The van der Waals surface area contributed by atoms with Crippen molar-refractivity contribution >= 4 is 29.0 Å². The van der Waals surface area contributed by atoms with E-state index in [0.29, 0.717) is 48.8 Å². The van der Waals surface area contributed by atoms with Crippen molar-refractivity contribution in [3.05, 3.63) is 89.0 Å². The second-order valence-corrected chi connectivity index (χ2v) is 7.75. The van der Waals surface area contributed by atoms with Crippen molar-refractivity contribution in [1.82, 2.24) is 5.32 Å². The summed E-state index contributed by atoms with van der Waals surface area (Å²) < 4.78 is 5.83. The molecule has 0 fully saturated rings. The van der Waals surface area contributed by atoms with E-state index in [-0.39, 0.29) is 11.6 Å². The number of nitro groups is 1. The van der Waals surface area contributed by atoms with E-state index in [1.165, 1.54) is 24.3 Å². The van der Waals surface area contributed by atoms with Gasteiger partial charge in [0.2, 0.25) is 5.91 Å². The number of benzene rings is 3. The summed E-state index contributed by atoms with van der Waals surface area (Å²) in [5.74, 6) is 1.31. The van der Waals surface area contributed by atoms with E-state index in [1.807, 2.05) is 37.3 Å². The lowest BCUT2D eigenvalue weighted by atomic mass is 10.2. The van der Waals surface area contributed by atoms with Gasteiger partial charge in [0.1, 0.15) is 11.5 Å². The van der Waals surface area contributed by atoms with Gasteiger partial charge in [-0.25, -0.2) is 4.79 Å². The molecule has 3 rings (SSSR count). The number of hydrogen-bond donors (Lipinski definition) is 2. The molecule has 0 saturated heterocycles. The normalized spacial score (nSPS) is 10.3. The number of para-hydroxylation sites is 1. The van der Waals surface area contributed by atoms with Crippen LogP contribution < -0.4 is 20.3 Å². The van der Waals surface area contributed by atoms with Crippen LogP contribution in [-0.2, 0) is 4.79 Å². The molecule has 0 bridgehead atoms. The number of nitrogens with zero attached hydrogens (tertiary/aromatic N) is 2. The van der Waals surface area contributed by atoms with Crippen LogP contribution in [0.5, 0.6) is 11.5 Å². The molecule has 2 N–H and O–H groups in total. The smallest absolute Gasteiger partial charge is 0.326 e. The summed E-state index contributed by atoms with van der Waals surface area (Å²) in [5.41, 5.74) is 1.02. The fourth-order valence-corrected chi connectivity index (χ4v) is 3.30. The first-order valence-corrected chi connectivity index (χ1v) is 11.4. The molecule has 0 aliphatic heterocycles. The van der Waals surface area contributed by atoms with Gasteiger partial charge in [0, 0.05) is 43.0 Å². The standard InChI is InChI=1S/C26H28N4O5/c1-2-7-25(31)27-18-6-19-29(26(32)28-20-10-12-22(13-11-20)30(33)34)21-14-16-24(17-15-21)35-23-8-4-3-5-9-23/h3-5,8-17H,2,6-7,18-19H2,1H3,(H,27,31)(H,28,32). The lowest BCUT2D eigenvalue weighted by Crippen LogP contribution is -2.37. The van der Waals surface area contributed by atoms with Crippen LogP contribution in [0.3, 0.4) is 0 Å². The zero-order chi connectivity index (χ0) is 25.0. The fourth-order valence-electron chi connectivity index (χ4n) is 3.30. The SMILES string of the molecule is CCCC(=O)NCCCN(C(=O)Nc1ccc([N+](=O)[O-])cc1)c1ccc(Oc2ccccc2)cc1. The van der Waals surface area contributed by atoms with Crippen molar-refractivity contribution in [1.29, 1.82) is 0 Å². The van der Waals surface area contributed by atoms with E-state index in [1.54, 1.807) is 29.2 Å². The average molecular weight is 477 g/mol. The monoisotopic (exact) mass is 476 g/mol. The molecule has 0 unspecified atom stereocenters. The second-order valence-electron chi connectivity index (χ2n) is 7.75. The van der Waals surface area contributed by atoms with Crippen LogP contribution in [0, 0.1) is 10.1 Å². The highest BCUT2D eigenvalue weighted by Crippen LogP contribution is 2.25. The van der Waals surface area contributed by atoms with E-state index in [0.717, 1.165) is 6.42 Å². The molecule has 35 heavy (non-hydrogen) atoms. The quantitative estimate of drug-likeness (QED) is 0.208. The molecule has 9 heteroatoms. The summed E-state index contributed by atoms with van der Waals surface area (Å²) in [6.07, 6.45) is 1.78. The van der Waals surface area contributed by atoms with Crippen molar-refractivity contribution in [3.8, 4) is 11.5 Å². The third-order valence-electron chi connectivity index (χ3n) is 5.06. The molecule has 0 aliphatic carbocycles. The molecular weight excluding hydrogens is 448 g/mol. The molecule has 0 aromatic heterocycles. The summed E-state index contributed by atoms with van der Waals surface area (Å²) in [6, 6.07) is 21.7. The number of amides is 3. The fraction of sp³-hybridized carbons (Fsp3) is 0.231. The predicted molar refractivity (Wildman–Crippen MR) is 135 cm³/mol. The number of rotatable bonds is 11. The number of non-ortho nitro benzene ring substituents is 1. The largest absolute Gasteiger partial charge is 0.457 e. The van der Waals surface area contributed by atoms with Gasteiger partial charge in [0.15, 0.2) is 0 Å². The molecule has 0 heterocycles. The van der Waals surface area contributed by atoms with Crippen LogP contribution in [0.25, 0.3) is 0 Å². The van der Waals surface area contributed by atoms with E-state index in [9.17, 15) is 19.7 Å². The minimum absolute atomic E-state index is 0.0169. The molecule has 0 aliphatic rings. The van der Waals surface area contributed by atoms with Crippen molar-refractivity contribution in [3.63, 3.8) is 0 Å². The third kappa shape index (κ3) is 7.85. The van der Waals surface area contributed by atoms with Crippen LogP contribution in [0.4, 0.5) is 21.9 Å². The Morgan fingerprint density at radius 1 is 0.943 bits per heavy atom.